The van der Waals surface area contributed by atoms with Crippen LogP contribution >= 0.6 is 0 Å². The third-order valence-corrected chi connectivity index (χ3v) is 3.07. The summed E-state index contributed by atoms with van der Waals surface area (Å²) in [6, 6.07) is 6.97. The maximum atomic E-state index is 9.06. The minimum atomic E-state index is -1.46. The third kappa shape index (κ3) is 2.22. The molecule has 3 rings (SSSR count). The van der Waals surface area contributed by atoms with E-state index in [0.29, 0.717) is 29.0 Å². The molecular formula is C12H12BN5O2. The fourth-order valence-electron chi connectivity index (χ4n) is 2.05. The summed E-state index contributed by atoms with van der Waals surface area (Å²) in [5.74, 6) is 0.384. The van der Waals surface area contributed by atoms with Crippen molar-refractivity contribution in [3.8, 4) is 0 Å². The van der Waals surface area contributed by atoms with E-state index in [1.54, 1.807) is 18.5 Å². The Hall–Kier alpha value is -2.45. The zero-order valence-electron chi connectivity index (χ0n) is 10.5. The second-order valence-corrected chi connectivity index (χ2v) is 4.42. The molecule has 0 radical (unpaired) electrons. The Kier molecular flexibility index (Phi) is 3.09. The topological polar surface area (TPSA) is 110 Å². The Morgan fingerprint density at radius 1 is 1.10 bits per heavy atom. The van der Waals surface area contributed by atoms with Crippen LogP contribution in [0, 0.1) is 0 Å². The van der Waals surface area contributed by atoms with Gasteiger partial charge >= 0.3 is 7.12 Å². The first-order valence-corrected chi connectivity index (χ1v) is 6.01. The second kappa shape index (κ2) is 4.91. The van der Waals surface area contributed by atoms with E-state index in [0.717, 1.165) is 5.56 Å². The van der Waals surface area contributed by atoms with Gasteiger partial charge < -0.3 is 20.3 Å². The van der Waals surface area contributed by atoms with Crippen LogP contribution in [0.2, 0.25) is 0 Å². The molecule has 0 saturated carbocycles. The predicted octanol–water partition coefficient (Wildman–Crippen LogP) is -0.863. The highest BCUT2D eigenvalue weighted by Crippen LogP contribution is 2.16. The van der Waals surface area contributed by atoms with E-state index in [4.69, 9.17) is 15.8 Å². The van der Waals surface area contributed by atoms with Gasteiger partial charge in [-0.15, -0.1) is 0 Å². The molecule has 0 aliphatic heterocycles. The minimum Gasteiger partial charge on any atom is -0.423 e. The van der Waals surface area contributed by atoms with Crippen molar-refractivity contribution in [2.24, 2.45) is 0 Å². The molecule has 2 aromatic heterocycles. The van der Waals surface area contributed by atoms with Crippen molar-refractivity contribution < 1.29 is 10.0 Å². The molecule has 3 aromatic rings. The van der Waals surface area contributed by atoms with Gasteiger partial charge in [-0.1, -0.05) is 24.3 Å². The van der Waals surface area contributed by atoms with E-state index in [9.17, 15) is 0 Å². The molecule has 0 saturated heterocycles. The number of hydrogen-bond donors (Lipinski definition) is 3. The monoisotopic (exact) mass is 269 g/mol. The SMILES string of the molecule is Nc1ncnc2ncn(Cc3ccc(B(O)O)cc3)c12. The zero-order valence-corrected chi connectivity index (χ0v) is 10.5. The van der Waals surface area contributed by atoms with Crippen molar-refractivity contribution in [1.82, 2.24) is 19.5 Å². The Morgan fingerprint density at radius 2 is 1.85 bits per heavy atom. The molecule has 0 bridgehead atoms. The van der Waals surface area contributed by atoms with Crippen LogP contribution in [0.1, 0.15) is 5.56 Å². The molecule has 8 heteroatoms. The van der Waals surface area contributed by atoms with E-state index in [1.807, 2.05) is 16.7 Å². The lowest BCUT2D eigenvalue weighted by atomic mass is 9.80. The third-order valence-electron chi connectivity index (χ3n) is 3.07. The van der Waals surface area contributed by atoms with E-state index in [1.165, 1.54) is 6.33 Å². The highest BCUT2D eigenvalue weighted by atomic mass is 16.4. The number of fused-ring (bicyclic) bond motifs is 1. The highest BCUT2D eigenvalue weighted by molar-refractivity contribution is 6.58. The van der Waals surface area contributed by atoms with Gasteiger partial charge in [-0.3, -0.25) is 0 Å². The molecule has 0 unspecified atom stereocenters. The van der Waals surface area contributed by atoms with E-state index >= 15 is 0 Å². The predicted molar refractivity (Wildman–Crippen MR) is 75.1 cm³/mol. The number of hydrogen-bond acceptors (Lipinski definition) is 6. The second-order valence-electron chi connectivity index (χ2n) is 4.42. The number of imidazole rings is 1. The molecular weight excluding hydrogens is 257 g/mol. The van der Waals surface area contributed by atoms with Gasteiger partial charge in [-0.2, -0.15) is 0 Å². The number of nitrogens with zero attached hydrogens (tertiary/aromatic N) is 4. The van der Waals surface area contributed by atoms with E-state index in [2.05, 4.69) is 15.0 Å². The number of aromatic nitrogens is 4. The Bertz CT molecular complexity index is 741. The summed E-state index contributed by atoms with van der Waals surface area (Å²) < 4.78 is 1.86. The summed E-state index contributed by atoms with van der Waals surface area (Å²) in [6.07, 6.45) is 3.04. The molecule has 0 spiro atoms. The van der Waals surface area contributed by atoms with Crippen molar-refractivity contribution in [1.29, 1.82) is 0 Å². The summed E-state index contributed by atoms with van der Waals surface area (Å²) in [6.45, 7) is 0.551. The highest BCUT2D eigenvalue weighted by Gasteiger charge is 2.11. The lowest BCUT2D eigenvalue weighted by Gasteiger charge is -2.06. The first-order chi connectivity index (χ1) is 9.65. The van der Waals surface area contributed by atoms with Gasteiger partial charge in [-0.25, -0.2) is 15.0 Å². The lowest BCUT2D eigenvalue weighted by Crippen LogP contribution is -2.29. The van der Waals surface area contributed by atoms with Crippen molar-refractivity contribution >= 4 is 29.6 Å². The van der Waals surface area contributed by atoms with Gasteiger partial charge in [0.1, 0.15) is 11.8 Å². The van der Waals surface area contributed by atoms with Crippen LogP contribution in [0.3, 0.4) is 0 Å². The minimum absolute atomic E-state index is 0.384. The molecule has 20 heavy (non-hydrogen) atoms. The van der Waals surface area contributed by atoms with Crippen LogP contribution in [0.15, 0.2) is 36.9 Å². The van der Waals surface area contributed by atoms with Crippen LogP contribution < -0.4 is 11.2 Å². The molecule has 0 aliphatic rings. The lowest BCUT2D eigenvalue weighted by molar-refractivity contribution is 0.426. The molecule has 0 aliphatic carbocycles. The summed E-state index contributed by atoms with van der Waals surface area (Å²) in [5.41, 5.74) is 8.52. The maximum absolute atomic E-state index is 9.06. The van der Waals surface area contributed by atoms with Crippen molar-refractivity contribution in [3.63, 3.8) is 0 Å². The molecule has 0 fully saturated rings. The Morgan fingerprint density at radius 3 is 2.55 bits per heavy atom. The van der Waals surface area contributed by atoms with Crippen LogP contribution in [-0.2, 0) is 6.54 Å². The maximum Gasteiger partial charge on any atom is 0.488 e. The van der Waals surface area contributed by atoms with E-state index in [-0.39, 0.29) is 0 Å². The molecule has 1 aromatic carbocycles. The molecule has 7 nitrogen and oxygen atoms in total. The molecule has 0 amide bonds. The van der Waals surface area contributed by atoms with Crippen molar-refractivity contribution in [3.05, 3.63) is 42.5 Å². The van der Waals surface area contributed by atoms with Crippen LogP contribution in [-0.4, -0.2) is 36.7 Å². The normalized spacial score (nSPS) is 10.9. The first-order valence-electron chi connectivity index (χ1n) is 6.01. The molecule has 0 atom stereocenters. The van der Waals surface area contributed by atoms with Gasteiger partial charge in [-0.05, 0) is 11.0 Å². The van der Waals surface area contributed by atoms with Crippen LogP contribution in [0.4, 0.5) is 5.82 Å². The smallest absolute Gasteiger partial charge is 0.423 e. The zero-order chi connectivity index (χ0) is 14.1. The van der Waals surface area contributed by atoms with E-state index < -0.39 is 7.12 Å². The number of anilines is 1. The van der Waals surface area contributed by atoms with Crippen molar-refractivity contribution in [2.45, 2.75) is 6.54 Å². The Labute approximate surface area is 114 Å². The molecule has 4 N–H and O–H groups in total. The van der Waals surface area contributed by atoms with Gasteiger partial charge in [0.15, 0.2) is 11.5 Å². The van der Waals surface area contributed by atoms with Gasteiger partial charge in [0.05, 0.1) is 6.33 Å². The summed E-state index contributed by atoms with van der Waals surface area (Å²) >= 11 is 0. The van der Waals surface area contributed by atoms with Gasteiger partial charge in [0.25, 0.3) is 0 Å². The van der Waals surface area contributed by atoms with Crippen molar-refractivity contribution in [2.75, 3.05) is 5.73 Å². The average Bonchev–Trinajstić information content (AvgIpc) is 2.84. The largest absolute Gasteiger partial charge is 0.488 e. The number of rotatable bonds is 3. The standard InChI is InChI=1S/C12H12BN5O2/c14-11-10-12(16-6-15-11)17-7-18(10)5-8-1-3-9(4-2-8)13(19)20/h1-4,6-7,19-20H,5H2,(H2,14,15,16). The average molecular weight is 269 g/mol. The summed E-state index contributed by atoms with van der Waals surface area (Å²) in [4.78, 5) is 12.2. The van der Waals surface area contributed by atoms with Crippen LogP contribution in [0.25, 0.3) is 11.2 Å². The number of nitrogen functional groups attached to an aromatic ring is 1. The quantitative estimate of drug-likeness (QED) is 0.533. The summed E-state index contributed by atoms with van der Waals surface area (Å²) in [5, 5.41) is 18.1. The molecule has 100 valence electrons. The number of nitrogens with two attached hydrogens (primary N) is 1. The Balaban J connectivity index is 1.93. The fraction of sp³-hybridized carbons (Fsp3) is 0.0833. The first kappa shape index (κ1) is 12.6. The number of benzene rings is 1. The van der Waals surface area contributed by atoms with Gasteiger partial charge in [0.2, 0.25) is 0 Å². The summed E-state index contributed by atoms with van der Waals surface area (Å²) in [7, 11) is -1.46. The molecule has 2 heterocycles. The van der Waals surface area contributed by atoms with Crippen LogP contribution in [0.5, 0.6) is 0 Å². The fourth-order valence-corrected chi connectivity index (χ4v) is 2.05. The van der Waals surface area contributed by atoms with Gasteiger partial charge in [0, 0.05) is 6.54 Å².